The third-order valence-corrected chi connectivity index (χ3v) is 4.70. The zero-order chi connectivity index (χ0) is 15.4. The van der Waals surface area contributed by atoms with Gasteiger partial charge in [-0.3, -0.25) is 0 Å². The minimum Gasteiger partial charge on any atom is -0.250 e. The highest BCUT2D eigenvalue weighted by Gasteiger charge is 2.04. The lowest BCUT2D eigenvalue weighted by molar-refractivity contribution is 1.13. The lowest BCUT2D eigenvalue weighted by Crippen LogP contribution is -1.89. The topological polar surface area (TPSA) is 12.9 Å². The van der Waals surface area contributed by atoms with Gasteiger partial charge in [-0.15, -0.1) is 11.8 Å². The zero-order valence-corrected chi connectivity index (χ0v) is 13.7. The van der Waals surface area contributed by atoms with Crippen LogP contribution in [0.4, 0.5) is 0 Å². The average Bonchev–Trinajstić information content (AvgIpc) is 2.57. The van der Waals surface area contributed by atoms with Gasteiger partial charge < -0.3 is 0 Å². The van der Waals surface area contributed by atoms with Gasteiger partial charge in [0.25, 0.3) is 0 Å². The molecule has 0 radical (unpaired) electrons. The van der Waals surface area contributed by atoms with E-state index < -0.39 is 0 Å². The van der Waals surface area contributed by atoms with Crippen LogP contribution in [-0.4, -0.2) is 4.98 Å². The van der Waals surface area contributed by atoms with Crippen LogP contribution in [0.3, 0.4) is 0 Å². The number of nitrogens with zero attached hydrogens (tertiary/aromatic N) is 1. The van der Waals surface area contributed by atoms with Crippen molar-refractivity contribution in [2.24, 2.45) is 0 Å². The van der Waals surface area contributed by atoms with Gasteiger partial charge in [0.05, 0.1) is 5.03 Å². The van der Waals surface area contributed by atoms with Crippen LogP contribution < -0.4 is 0 Å². The Morgan fingerprint density at radius 3 is 2.50 bits per heavy atom. The predicted molar refractivity (Wildman–Crippen MR) is 95.2 cm³/mol. The van der Waals surface area contributed by atoms with E-state index >= 15 is 0 Å². The van der Waals surface area contributed by atoms with Gasteiger partial charge in [0.2, 0.25) is 0 Å². The number of benzene rings is 2. The van der Waals surface area contributed by atoms with E-state index in [-0.39, 0.29) is 0 Å². The summed E-state index contributed by atoms with van der Waals surface area (Å²) in [5, 5.41) is 1.07. The van der Waals surface area contributed by atoms with Crippen molar-refractivity contribution in [3.8, 4) is 11.1 Å². The normalized spacial score (nSPS) is 10.6. The summed E-state index contributed by atoms with van der Waals surface area (Å²) in [6, 6.07) is 21.3. The van der Waals surface area contributed by atoms with Crippen LogP contribution in [-0.2, 0) is 5.75 Å². The van der Waals surface area contributed by atoms with Crippen molar-refractivity contribution in [1.82, 2.24) is 4.98 Å². The van der Waals surface area contributed by atoms with E-state index in [9.17, 15) is 0 Å². The second-order valence-corrected chi connectivity index (χ2v) is 6.46. The molecule has 0 aliphatic carbocycles. The van der Waals surface area contributed by atoms with Crippen LogP contribution >= 0.6 is 11.8 Å². The molecule has 1 heterocycles. The molecule has 110 valence electrons. The molecule has 1 aromatic heterocycles. The van der Waals surface area contributed by atoms with E-state index in [1.165, 1.54) is 27.8 Å². The van der Waals surface area contributed by atoms with Crippen LogP contribution in [0.2, 0.25) is 0 Å². The fourth-order valence-electron chi connectivity index (χ4n) is 2.41. The Labute approximate surface area is 136 Å². The highest BCUT2D eigenvalue weighted by Crippen LogP contribution is 2.27. The van der Waals surface area contributed by atoms with E-state index in [0.29, 0.717) is 0 Å². The van der Waals surface area contributed by atoms with Crippen LogP contribution in [0, 0.1) is 13.8 Å². The maximum Gasteiger partial charge on any atom is 0.0969 e. The molecule has 0 fully saturated rings. The van der Waals surface area contributed by atoms with Gasteiger partial charge in [-0.05, 0) is 48.2 Å². The van der Waals surface area contributed by atoms with E-state index in [4.69, 9.17) is 0 Å². The fraction of sp³-hybridized carbons (Fsp3) is 0.150. The third kappa shape index (κ3) is 3.58. The van der Waals surface area contributed by atoms with E-state index in [1.807, 2.05) is 12.3 Å². The summed E-state index contributed by atoms with van der Waals surface area (Å²) in [6.07, 6.45) is 1.90. The number of pyridine rings is 1. The lowest BCUT2D eigenvalue weighted by atomic mass is 10.1. The number of aryl methyl sites for hydroxylation is 2. The molecule has 0 bridgehead atoms. The summed E-state index contributed by atoms with van der Waals surface area (Å²) in [6.45, 7) is 4.31. The fourth-order valence-corrected chi connectivity index (χ4v) is 3.37. The first kappa shape index (κ1) is 14.9. The van der Waals surface area contributed by atoms with E-state index in [2.05, 4.69) is 73.4 Å². The number of hydrogen-bond donors (Lipinski definition) is 0. The second-order valence-electron chi connectivity index (χ2n) is 5.47. The molecule has 2 heteroatoms. The summed E-state index contributed by atoms with van der Waals surface area (Å²) < 4.78 is 0. The van der Waals surface area contributed by atoms with Crippen LogP contribution in [0.15, 0.2) is 71.9 Å². The first-order valence-electron chi connectivity index (χ1n) is 7.43. The minimum atomic E-state index is 0.957. The highest BCUT2D eigenvalue weighted by atomic mass is 32.2. The molecule has 3 rings (SSSR count). The Kier molecular flexibility index (Phi) is 4.59. The van der Waals surface area contributed by atoms with Gasteiger partial charge in [-0.25, -0.2) is 4.98 Å². The molecule has 22 heavy (non-hydrogen) atoms. The Bertz CT molecular complexity index is 766. The maximum atomic E-state index is 4.50. The van der Waals surface area contributed by atoms with Crippen LogP contribution in [0.25, 0.3) is 11.1 Å². The molecule has 0 amide bonds. The van der Waals surface area contributed by atoms with Gasteiger partial charge in [0.1, 0.15) is 0 Å². The summed E-state index contributed by atoms with van der Waals surface area (Å²) in [5.74, 6) is 0.957. The average molecular weight is 305 g/mol. The molecule has 0 saturated carbocycles. The van der Waals surface area contributed by atoms with E-state index in [1.54, 1.807) is 11.8 Å². The molecule has 3 aromatic rings. The summed E-state index contributed by atoms with van der Waals surface area (Å²) >= 11 is 1.79. The maximum absolute atomic E-state index is 4.50. The molecule has 0 N–H and O–H groups in total. The Morgan fingerprint density at radius 1 is 0.864 bits per heavy atom. The molecule has 0 aliphatic rings. The standard InChI is InChI=1S/C20H19NS/c1-15-8-9-16(2)19(12-15)14-22-20-13-18(10-11-21-20)17-6-4-3-5-7-17/h3-13H,14H2,1-2H3. The molecule has 2 aromatic carbocycles. The Morgan fingerprint density at radius 2 is 1.68 bits per heavy atom. The molecule has 0 saturated heterocycles. The Hall–Kier alpha value is -2.06. The van der Waals surface area contributed by atoms with Crippen LogP contribution in [0.5, 0.6) is 0 Å². The zero-order valence-electron chi connectivity index (χ0n) is 12.9. The summed E-state index contributed by atoms with van der Waals surface area (Å²) in [7, 11) is 0. The molecular weight excluding hydrogens is 286 g/mol. The van der Waals surface area contributed by atoms with Crippen molar-refractivity contribution in [1.29, 1.82) is 0 Å². The quantitative estimate of drug-likeness (QED) is 0.577. The van der Waals surface area contributed by atoms with Crippen molar-refractivity contribution >= 4 is 11.8 Å². The van der Waals surface area contributed by atoms with Crippen molar-refractivity contribution < 1.29 is 0 Å². The molecule has 0 atom stereocenters. The summed E-state index contributed by atoms with van der Waals surface area (Å²) in [5.41, 5.74) is 6.50. The van der Waals surface area contributed by atoms with Gasteiger partial charge in [-0.2, -0.15) is 0 Å². The number of hydrogen-bond acceptors (Lipinski definition) is 2. The molecule has 0 aliphatic heterocycles. The number of thioether (sulfide) groups is 1. The van der Waals surface area contributed by atoms with Crippen LogP contribution in [0.1, 0.15) is 16.7 Å². The van der Waals surface area contributed by atoms with Crippen molar-refractivity contribution in [2.75, 3.05) is 0 Å². The molecule has 1 nitrogen and oxygen atoms in total. The van der Waals surface area contributed by atoms with Crippen molar-refractivity contribution in [3.63, 3.8) is 0 Å². The van der Waals surface area contributed by atoms with Gasteiger partial charge in [-0.1, -0.05) is 54.1 Å². The predicted octanol–water partition coefficient (Wildman–Crippen LogP) is 5.66. The van der Waals surface area contributed by atoms with Gasteiger partial charge >= 0.3 is 0 Å². The second kappa shape index (κ2) is 6.80. The third-order valence-electron chi connectivity index (χ3n) is 3.72. The molecular formula is C20H19NS. The minimum absolute atomic E-state index is 0.957. The molecule has 0 spiro atoms. The monoisotopic (exact) mass is 305 g/mol. The van der Waals surface area contributed by atoms with E-state index in [0.717, 1.165) is 10.8 Å². The smallest absolute Gasteiger partial charge is 0.0969 e. The van der Waals surface area contributed by atoms with Gasteiger partial charge in [0, 0.05) is 11.9 Å². The highest BCUT2D eigenvalue weighted by molar-refractivity contribution is 7.98. The van der Waals surface area contributed by atoms with Gasteiger partial charge in [0.15, 0.2) is 0 Å². The summed E-state index contributed by atoms with van der Waals surface area (Å²) in [4.78, 5) is 4.50. The first-order chi connectivity index (χ1) is 10.7. The first-order valence-corrected chi connectivity index (χ1v) is 8.41. The van der Waals surface area contributed by atoms with Crippen molar-refractivity contribution in [2.45, 2.75) is 24.6 Å². The van der Waals surface area contributed by atoms with Crippen molar-refractivity contribution in [3.05, 3.63) is 83.6 Å². The Balaban J connectivity index is 1.77. The SMILES string of the molecule is Cc1ccc(C)c(CSc2cc(-c3ccccc3)ccn2)c1. The molecule has 0 unspecified atom stereocenters. The lowest BCUT2D eigenvalue weighted by Gasteiger charge is -2.08. The number of rotatable bonds is 4. The number of aromatic nitrogens is 1. The largest absolute Gasteiger partial charge is 0.250 e.